The van der Waals surface area contributed by atoms with Gasteiger partial charge in [-0.2, -0.15) is 0 Å². The molecule has 1 aromatic carbocycles. The number of carbonyl (C=O) groups excluding carboxylic acids is 3. The van der Waals surface area contributed by atoms with Crippen molar-refractivity contribution < 1.29 is 19.1 Å². The molecular weight excluding hydrogens is 426 g/mol. The number of morpholine rings is 1. The van der Waals surface area contributed by atoms with E-state index in [4.69, 9.17) is 16.3 Å². The molecule has 0 bridgehead atoms. The van der Waals surface area contributed by atoms with Crippen LogP contribution in [-0.2, 0) is 14.3 Å². The van der Waals surface area contributed by atoms with Crippen molar-refractivity contribution in [3.8, 4) is 0 Å². The molecule has 0 unspecified atom stereocenters. The van der Waals surface area contributed by atoms with Crippen LogP contribution in [0.5, 0.6) is 0 Å². The van der Waals surface area contributed by atoms with Crippen molar-refractivity contribution in [2.75, 3.05) is 30.0 Å². The summed E-state index contributed by atoms with van der Waals surface area (Å²) in [6.07, 6.45) is 1.25. The third-order valence-corrected chi connectivity index (χ3v) is 5.97. The monoisotopic (exact) mass is 449 g/mol. The Morgan fingerprint density at radius 1 is 1.30 bits per heavy atom. The second-order valence-corrected chi connectivity index (χ2v) is 8.72. The van der Waals surface area contributed by atoms with E-state index in [0.29, 0.717) is 34.5 Å². The van der Waals surface area contributed by atoms with Gasteiger partial charge in [-0.05, 0) is 49.2 Å². The summed E-state index contributed by atoms with van der Waals surface area (Å²) in [4.78, 5) is 39.4. The van der Waals surface area contributed by atoms with E-state index < -0.39 is 6.04 Å². The SMILES string of the molecule is CCC[C@@H](NC(=O)c1ccc(Cl)s1)C(=O)Nc1ccc(N2CCOCC2=O)c(C)c1. The fourth-order valence-corrected chi connectivity index (χ4v) is 4.21. The molecule has 0 aliphatic carbocycles. The van der Waals surface area contributed by atoms with Crippen LogP contribution in [0.15, 0.2) is 30.3 Å². The Kier molecular flexibility index (Phi) is 7.47. The first-order valence-electron chi connectivity index (χ1n) is 9.75. The lowest BCUT2D eigenvalue weighted by Gasteiger charge is -2.28. The first-order chi connectivity index (χ1) is 14.4. The van der Waals surface area contributed by atoms with Gasteiger partial charge in [0.25, 0.3) is 11.8 Å². The highest BCUT2D eigenvalue weighted by molar-refractivity contribution is 7.18. The van der Waals surface area contributed by atoms with Crippen LogP contribution in [-0.4, -0.2) is 43.5 Å². The Labute approximate surface area is 184 Å². The molecule has 2 aromatic rings. The number of hydrogen-bond donors (Lipinski definition) is 2. The average Bonchev–Trinajstić information content (AvgIpc) is 3.15. The molecular formula is C21H24ClN3O4S. The summed E-state index contributed by atoms with van der Waals surface area (Å²) in [5.74, 6) is -0.694. The van der Waals surface area contributed by atoms with Crippen molar-refractivity contribution in [1.82, 2.24) is 5.32 Å². The maximum atomic E-state index is 12.8. The summed E-state index contributed by atoms with van der Waals surface area (Å²) in [7, 11) is 0. The number of ether oxygens (including phenoxy) is 1. The Morgan fingerprint density at radius 2 is 2.10 bits per heavy atom. The van der Waals surface area contributed by atoms with Crippen LogP contribution in [0, 0.1) is 6.92 Å². The number of halogens is 1. The quantitative estimate of drug-likeness (QED) is 0.675. The largest absolute Gasteiger partial charge is 0.370 e. The van der Waals surface area contributed by atoms with E-state index in [9.17, 15) is 14.4 Å². The number of rotatable bonds is 7. The standard InChI is InChI=1S/C21H24ClN3O4S/c1-3-4-15(24-21(28)17-7-8-18(22)30-17)20(27)23-14-5-6-16(13(2)11-14)25-9-10-29-12-19(25)26/h5-8,11,15H,3-4,9-10,12H2,1-2H3,(H,23,27)(H,24,28)/t15-/m1/s1. The van der Waals surface area contributed by atoms with E-state index in [1.807, 2.05) is 26.0 Å². The van der Waals surface area contributed by atoms with Crippen molar-refractivity contribution in [3.05, 3.63) is 45.1 Å². The molecule has 2 N–H and O–H groups in total. The zero-order chi connectivity index (χ0) is 21.7. The molecule has 0 spiro atoms. The zero-order valence-corrected chi connectivity index (χ0v) is 18.4. The van der Waals surface area contributed by atoms with Crippen molar-refractivity contribution in [2.24, 2.45) is 0 Å². The van der Waals surface area contributed by atoms with Crippen LogP contribution in [0.4, 0.5) is 11.4 Å². The van der Waals surface area contributed by atoms with E-state index in [2.05, 4.69) is 10.6 Å². The Morgan fingerprint density at radius 3 is 2.73 bits per heavy atom. The van der Waals surface area contributed by atoms with Gasteiger partial charge in [-0.1, -0.05) is 24.9 Å². The Bertz CT molecular complexity index is 946. The maximum Gasteiger partial charge on any atom is 0.262 e. The van der Waals surface area contributed by atoms with E-state index >= 15 is 0 Å². The van der Waals surface area contributed by atoms with Crippen molar-refractivity contribution in [3.63, 3.8) is 0 Å². The molecule has 1 atom stereocenters. The van der Waals surface area contributed by atoms with Crippen LogP contribution >= 0.6 is 22.9 Å². The fourth-order valence-electron chi connectivity index (χ4n) is 3.26. The molecule has 0 saturated carbocycles. The number of carbonyl (C=O) groups is 3. The second-order valence-electron chi connectivity index (χ2n) is 7.01. The van der Waals surface area contributed by atoms with Gasteiger partial charge in [0.05, 0.1) is 15.8 Å². The van der Waals surface area contributed by atoms with Crippen LogP contribution in [0.1, 0.15) is 35.0 Å². The van der Waals surface area contributed by atoms with Gasteiger partial charge in [0.2, 0.25) is 5.91 Å². The van der Waals surface area contributed by atoms with Gasteiger partial charge in [0, 0.05) is 17.9 Å². The summed E-state index contributed by atoms with van der Waals surface area (Å²) in [6, 6.07) is 8.02. The molecule has 1 aromatic heterocycles. The van der Waals surface area contributed by atoms with Crippen LogP contribution in [0.2, 0.25) is 4.34 Å². The third-order valence-electron chi connectivity index (χ3n) is 4.74. The Hall–Kier alpha value is -2.42. The first kappa shape index (κ1) is 22.3. The Balaban J connectivity index is 1.68. The third kappa shape index (κ3) is 5.38. The zero-order valence-electron chi connectivity index (χ0n) is 16.9. The molecule has 7 nitrogen and oxygen atoms in total. The second kappa shape index (κ2) is 10.1. The van der Waals surface area contributed by atoms with Crippen LogP contribution in [0.3, 0.4) is 0 Å². The summed E-state index contributed by atoms with van der Waals surface area (Å²) >= 11 is 7.06. The van der Waals surface area contributed by atoms with E-state index in [1.165, 1.54) is 11.3 Å². The van der Waals surface area contributed by atoms with Gasteiger partial charge >= 0.3 is 0 Å². The molecule has 9 heteroatoms. The topological polar surface area (TPSA) is 87.7 Å². The highest BCUT2D eigenvalue weighted by atomic mass is 35.5. The molecule has 3 rings (SSSR count). The lowest BCUT2D eigenvalue weighted by molar-refractivity contribution is -0.125. The summed E-state index contributed by atoms with van der Waals surface area (Å²) in [5.41, 5.74) is 2.28. The minimum absolute atomic E-state index is 0.0752. The molecule has 1 aliphatic heterocycles. The summed E-state index contributed by atoms with van der Waals surface area (Å²) < 4.78 is 5.69. The average molecular weight is 450 g/mol. The van der Waals surface area contributed by atoms with Gasteiger partial charge in [-0.3, -0.25) is 14.4 Å². The normalized spacial score (nSPS) is 15.0. The number of amides is 3. The number of nitrogens with zero attached hydrogens (tertiary/aromatic N) is 1. The van der Waals surface area contributed by atoms with E-state index in [0.717, 1.165) is 17.7 Å². The predicted octanol–water partition coefficient (Wildman–Crippen LogP) is 3.61. The number of thiophene rings is 1. The van der Waals surface area contributed by atoms with Crippen molar-refractivity contribution >= 4 is 52.0 Å². The molecule has 30 heavy (non-hydrogen) atoms. The predicted molar refractivity (Wildman–Crippen MR) is 118 cm³/mol. The maximum absolute atomic E-state index is 12.8. The van der Waals surface area contributed by atoms with Gasteiger partial charge in [0.15, 0.2) is 0 Å². The number of anilines is 2. The lowest BCUT2D eigenvalue weighted by atomic mass is 10.1. The molecule has 1 aliphatic rings. The number of benzene rings is 1. The molecule has 1 fully saturated rings. The van der Waals surface area contributed by atoms with Crippen molar-refractivity contribution in [2.45, 2.75) is 32.7 Å². The van der Waals surface area contributed by atoms with Crippen LogP contribution in [0.25, 0.3) is 0 Å². The number of aryl methyl sites for hydroxylation is 1. The molecule has 0 radical (unpaired) electrons. The number of hydrogen-bond acceptors (Lipinski definition) is 5. The van der Waals surface area contributed by atoms with Gasteiger partial charge in [-0.15, -0.1) is 11.3 Å². The molecule has 2 heterocycles. The smallest absolute Gasteiger partial charge is 0.262 e. The molecule has 1 saturated heterocycles. The summed E-state index contributed by atoms with van der Waals surface area (Å²) in [6.45, 7) is 4.91. The molecule has 160 valence electrons. The van der Waals surface area contributed by atoms with Gasteiger partial charge < -0.3 is 20.3 Å². The van der Waals surface area contributed by atoms with Crippen molar-refractivity contribution in [1.29, 1.82) is 0 Å². The van der Waals surface area contributed by atoms with E-state index in [1.54, 1.807) is 23.1 Å². The highest BCUT2D eigenvalue weighted by Crippen LogP contribution is 2.25. The van der Waals surface area contributed by atoms with Gasteiger partial charge in [0.1, 0.15) is 12.6 Å². The van der Waals surface area contributed by atoms with Gasteiger partial charge in [-0.25, -0.2) is 0 Å². The molecule has 3 amide bonds. The lowest BCUT2D eigenvalue weighted by Crippen LogP contribution is -2.43. The first-order valence-corrected chi connectivity index (χ1v) is 10.9. The summed E-state index contributed by atoms with van der Waals surface area (Å²) in [5, 5.41) is 5.65. The minimum atomic E-state index is -0.663. The van der Waals surface area contributed by atoms with E-state index in [-0.39, 0.29) is 24.3 Å². The highest BCUT2D eigenvalue weighted by Gasteiger charge is 2.24. The van der Waals surface area contributed by atoms with Crippen LogP contribution < -0.4 is 15.5 Å². The fraction of sp³-hybridized carbons (Fsp3) is 0.381. The minimum Gasteiger partial charge on any atom is -0.370 e. The number of nitrogens with one attached hydrogen (secondary N) is 2.